The monoisotopic (exact) mass is 182 g/mol. The summed E-state index contributed by atoms with van der Waals surface area (Å²) >= 11 is 0. The summed E-state index contributed by atoms with van der Waals surface area (Å²) < 4.78 is 30.9. The Morgan fingerprint density at radius 2 is 1.83 bits per heavy atom. The van der Waals surface area contributed by atoms with Gasteiger partial charge in [-0.2, -0.15) is 0 Å². The lowest BCUT2D eigenvalue weighted by atomic mass is 9.90. The minimum absolute atomic E-state index is 0.363. The van der Waals surface area contributed by atoms with Crippen molar-refractivity contribution in [1.29, 1.82) is 0 Å². The Morgan fingerprint density at radius 1 is 1.42 bits per heavy atom. The zero-order chi connectivity index (χ0) is 9.99. The topological polar surface area (TPSA) is 29.5 Å². The molecule has 0 fully saturated rings. The second-order valence-corrected chi connectivity index (χ2v) is 3.48. The second kappa shape index (κ2) is 3.66. The Balaban J connectivity index is 4.50. The lowest BCUT2D eigenvalue weighted by Gasteiger charge is -2.34. The van der Waals surface area contributed by atoms with E-state index in [9.17, 15) is 13.9 Å². The molecular formula is C8H16F2O2. The number of methoxy groups -OCH3 is 1. The van der Waals surface area contributed by atoms with Gasteiger partial charge >= 0.3 is 0 Å². The molecule has 12 heavy (non-hydrogen) atoms. The van der Waals surface area contributed by atoms with Crippen molar-refractivity contribution in [2.75, 3.05) is 13.7 Å². The molecule has 2 nitrogen and oxygen atoms in total. The Kier molecular flexibility index (Phi) is 3.59. The summed E-state index contributed by atoms with van der Waals surface area (Å²) in [7, 11) is 1.28. The molecule has 0 spiro atoms. The van der Waals surface area contributed by atoms with Crippen molar-refractivity contribution in [1.82, 2.24) is 0 Å². The Bertz CT molecular complexity index is 144. The number of alkyl halides is 2. The van der Waals surface area contributed by atoms with Crippen LogP contribution < -0.4 is 0 Å². The lowest BCUT2D eigenvalue weighted by Crippen LogP contribution is -2.52. The SMILES string of the molecule is COCC(C)(O)C(F)(F)C(C)C. The van der Waals surface area contributed by atoms with Gasteiger partial charge in [0.15, 0.2) is 0 Å². The highest BCUT2D eigenvalue weighted by Crippen LogP contribution is 2.35. The van der Waals surface area contributed by atoms with E-state index in [1.54, 1.807) is 0 Å². The fourth-order valence-electron chi connectivity index (χ4n) is 0.999. The third-order valence-corrected chi connectivity index (χ3v) is 1.87. The molecule has 0 aliphatic rings. The van der Waals surface area contributed by atoms with Crippen LogP contribution in [0.15, 0.2) is 0 Å². The first kappa shape index (κ1) is 11.8. The summed E-state index contributed by atoms with van der Waals surface area (Å²) in [6.07, 6.45) is 0. The van der Waals surface area contributed by atoms with Gasteiger partial charge in [-0.15, -0.1) is 0 Å². The highest BCUT2D eigenvalue weighted by atomic mass is 19.3. The number of hydrogen-bond donors (Lipinski definition) is 1. The van der Waals surface area contributed by atoms with Crippen LogP contribution in [0.25, 0.3) is 0 Å². The third kappa shape index (κ3) is 2.14. The molecule has 4 heteroatoms. The minimum Gasteiger partial charge on any atom is -0.381 e. The average Bonchev–Trinajstić information content (AvgIpc) is 1.86. The first-order chi connectivity index (χ1) is 5.25. The van der Waals surface area contributed by atoms with Crippen molar-refractivity contribution in [3.63, 3.8) is 0 Å². The van der Waals surface area contributed by atoms with E-state index < -0.39 is 17.4 Å². The highest BCUT2D eigenvalue weighted by Gasteiger charge is 2.51. The molecule has 0 aromatic heterocycles. The van der Waals surface area contributed by atoms with E-state index in [2.05, 4.69) is 4.74 Å². The molecule has 74 valence electrons. The van der Waals surface area contributed by atoms with Crippen molar-refractivity contribution >= 4 is 0 Å². The molecule has 0 aliphatic heterocycles. The molecule has 0 radical (unpaired) electrons. The number of hydrogen-bond acceptors (Lipinski definition) is 2. The Morgan fingerprint density at radius 3 is 2.08 bits per heavy atom. The highest BCUT2D eigenvalue weighted by molar-refractivity contribution is 4.91. The van der Waals surface area contributed by atoms with E-state index in [0.717, 1.165) is 6.92 Å². The summed E-state index contributed by atoms with van der Waals surface area (Å²) in [4.78, 5) is 0. The molecule has 0 aromatic carbocycles. The van der Waals surface area contributed by atoms with E-state index in [0.29, 0.717) is 0 Å². The molecule has 0 heterocycles. The van der Waals surface area contributed by atoms with Crippen molar-refractivity contribution in [2.24, 2.45) is 5.92 Å². The van der Waals surface area contributed by atoms with Gasteiger partial charge in [-0.1, -0.05) is 13.8 Å². The molecule has 0 bridgehead atoms. The Labute approximate surface area is 71.5 Å². The fraction of sp³-hybridized carbons (Fsp3) is 1.00. The van der Waals surface area contributed by atoms with E-state index >= 15 is 0 Å². The van der Waals surface area contributed by atoms with Crippen LogP contribution in [0.2, 0.25) is 0 Å². The van der Waals surface area contributed by atoms with Crippen LogP contribution in [0.5, 0.6) is 0 Å². The van der Waals surface area contributed by atoms with Crippen molar-refractivity contribution < 1.29 is 18.6 Å². The summed E-state index contributed by atoms with van der Waals surface area (Å²) in [5.74, 6) is -4.02. The molecule has 0 aliphatic carbocycles. The van der Waals surface area contributed by atoms with Gasteiger partial charge in [0, 0.05) is 13.0 Å². The van der Waals surface area contributed by atoms with Gasteiger partial charge in [0.1, 0.15) is 5.60 Å². The van der Waals surface area contributed by atoms with E-state index in [1.807, 2.05) is 0 Å². The van der Waals surface area contributed by atoms with Gasteiger partial charge in [-0.25, -0.2) is 8.78 Å². The van der Waals surface area contributed by atoms with Gasteiger partial charge in [-0.05, 0) is 6.92 Å². The van der Waals surface area contributed by atoms with Crippen molar-refractivity contribution in [2.45, 2.75) is 32.3 Å². The largest absolute Gasteiger partial charge is 0.381 e. The summed E-state index contributed by atoms with van der Waals surface area (Å²) in [5, 5.41) is 9.34. The molecule has 0 saturated heterocycles. The minimum atomic E-state index is -3.12. The number of rotatable bonds is 4. The van der Waals surface area contributed by atoms with Crippen LogP contribution in [-0.2, 0) is 4.74 Å². The predicted molar refractivity (Wildman–Crippen MR) is 42.3 cm³/mol. The summed E-state index contributed by atoms with van der Waals surface area (Å²) in [5.41, 5.74) is -2.09. The van der Waals surface area contributed by atoms with Crippen LogP contribution in [0.3, 0.4) is 0 Å². The summed E-state index contributed by atoms with van der Waals surface area (Å²) in [6.45, 7) is 3.45. The maximum Gasteiger partial charge on any atom is 0.280 e. The van der Waals surface area contributed by atoms with Gasteiger partial charge < -0.3 is 9.84 Å². The maximum atomic E-state index is 13.2. The fourth-order valence-corrected chi connectivity index (χ4v) is 0.999. The number of halogens is 2. The molecule has 0 amide bonds. The van der Waals surface area contributed by atoms with Crippen LogP contribution in [0.4, 0.5) is 8.78 Å². The van der Waals surface area contributed by atoms with Crippen LogP contribution in [0.1, 0.15) is 20.8 Å². The number of aliphatic hydroxyl groups is 1. The second-order valence-electron chi connectivity index (χ2n) is 3.48. The summed E-state index contributed by atoms with van der Waals surface area (Å²) in [6, 6.07) is 0. The van der Waals surface area contributed by atoms with Crippen LogP contribution >= 0.6 is 0 Å². The average molecular weight is 182 g/mol. The smallest absolute Gasteiger partial charge is 0.280 e. The predicted octanol–water partition coefficient (Wildman–Crippen LogP) is 1.68. The van der Waals surface area contributed by atoms with Crippen LogP contribution in [0, 0.1) is 5.92 Å². The van der Waals surface area contributed by atoms with Gasteiger partial charge in [0.25, 0.3) is 5.92 Å². The van der Waals surface area contributed by atoms with E-state index in [4.69, 9.17) is 0 Å². The Hall–Kier alpha value is -0.220. The molecule has 1 unspecified atom stereocenters. The molecule has 0 saturated carbocycles. The van der Waals surface area contributed by atoms with Crippen LogP contribution in [-0.4, -0.2) is 30.3 Å². The number of ether oxygens (including phenoxy) is 1. The van der Waals surface area contributed by atoms with Crippen molar-refractivity contribution in [3.8, 4) is 0 Å². The lowest BCUT2D eigenvalue weighted by molar-refractivity contribution is -0.214. The molecule has 1 atom stereocenters. The van der Waals surface area contributed by atoms with Crippen molar-refractivity contribution in [3.05, 3.63) is 0 Å². The zero-order valence-corrected chi connectivity index (χ0v) is 7.90. The maximum absolute atomic E-state index is 13.2. The van der Waals surface area contributed by atoms with E-state index in [-0.39, 0.29) is 6.61 Å². The quantitative estimate of drug-likeness (QED) is 0.716. The van der Waals surface area contributed by atoms with Gasteiger partial charge in [0.2, 0.25) is 0 Å². The van der Waals surface area contributed by atoms with Gasteiger partial charge in [-0.3, -0.25) is 0 Å². The molecule has 0 aromatic rings. The first-order valence-electron chi connectivity index (χ1n) is 3.85. The normalized spacial score (nSPS) is 18.0. The standard InChI is InChI=1S/C8H16F2O2/c1-6(2)8(9,10)7(3,11)5-12-4/h6,11H,5H2,1-4H3. The molecule has 0 rings (SSSR count). The van der Waals surface area contributed by atoms with E-state index in [1.165, 1.54) is 21.0 Å². The first-order valence-corrected chi connectivity index (χ1v) is 3.85. The zero-order valence-electron chi connectivity index (χ0n) is 7.90. The molecule has 1 N–H and O–H groups in total. The van der Waals surface area contributed by atoms with Gasteiger partial charge in [0.05, 0.1) is 6.61 Å². The third-order valence-electron chi connectivity index (χ3n) is 1.87. The molecular weight excluding hydrogens is 166 g/mol.